The highest BCUT2D eigenvalue weighted by atomic mass is 16.3. The number of aromatic nitrogens is 1. The topological polar surface area (TPSA) is 62.2 Å². The fraction of sp³-hybridized carbons (Fsp3) is 0.200. The van der Waals surface area contributed by atoms with Crippen molar-refractivity contribution in [2.24, 2.45) is 0 Å². The van der Waals surface area contributed by atoms with E-state index in [1.54, 1.807) is 18.5 Å². The van der Waals surface area contributed by atoms with Crippen LogP contribution in [0.3, 0.4) is 0 Å². The predicted molar refractivity (Wildman–Crippen MR) is 116 cm³/mol. The minimum Gasteiger partial charge on any atom is -0.380 e. The van der Waals surface area contributed by atoms with Crippen molar-refractivity contribution in [1.29, 1.82) is 0 Å². The second kappa shape index (κ2) is 10.3. The molecule has 0 aliphatic carbocycles. The van der Waals surface area contributed by atoms with Crippen molar-refractivity contribution in [1.82, 2.24) is 10.3 Å². The van der Waals surface area contributed by atoms with E-state index in [0.717, 1.165) is 29.5 Å². The van der Waals surface area contributed by atoms with Gasteiger partial charge in [-0.25, -0.2) is 0 Å². The Morgan fingerprint density at radius 3 is 2.17 bits per heavy atom. The van der Waals surface area contributed by atoms with Crippen LogP contribution in [0.1, 0.15) is 36.0 Å². The quantitative estimate of drug-likeness (QED) is 0.425. The van der Waals surface area contributed by atoms with Gasteiger partial charge in [0.25, 0.3) is 0 Å². The van der Waals surface area contributed by atoms with Crippen molar-refractivity contribution < 1.29 is 9.90 Å². The van der Waals surface area contributed by atoms with Crippen molar-refractivity contribution in [3.8, 4) is 0 Å². The lowest BCUT2D eigenvalue weighted by Gasteiger charge is -2.29. The summed E-state index contributed by atoms with van der Waals surface area (Å²) in [6.45, 7) is 0.565. The molecule has 0 radical (unpaired) electrons. The second-order valence-electron chi connectivity index (χ2n) is 6.96. The van der Waals surface area contributed by atoms with Gasteiger partial charge < -0.3 is 10.4 Å². The average Bonchev–Trinajstić information content (AvgIpc) is 2.79. The number of unbranched alkanes of at least 4 members (excludes halogenated alkanes) is 1. The van der Waals surface area contributed by atoms with E-state index < -0.39 is 5.60 Å². The lowest BCUT2D eigenvalue weighted by Crippen LogP contribution is -2.28. The number of hydrogen-bond acceptors (Lipinski definition) is 3. The molecule has 0 atom stereocenters. The third-order valence-electron chi connectivity index (χ3n) is 4.88. The Bertz CT molecular complexity index is 870. The number of hydrogen-bond donors (Lipinski definition) is 2. The molecule has 0 bridgehead atoms. The molecule has 3 aromatic rings. The standard InChI is InChI=1S/C25H26N2O2/c28-24(16-15-21-10-9-18-26-20-21)27-19-8-7-17-25(29,22-11-3-1-4-12-22)23-13-5-2-6-14-23/h1-6,9-16,18,20,29H,7-8,17,19H2,(H,27,28)/b16-15-. The monoisotopic (exact) mass is 386 g/mol. The summed E-state index contributed by atoms with van der Waals surface area (Å²) in [5.41, 5.74) is 1.62. The number of amides is 1. The number of rotatable bonds is 9. The maximum Gasteiger partial charge on any atom is 0.243 e. The molecule has 1 heterocycles. The molecule has 1 aromatic heterocycles. The van der Waals surface area contributed by atoms with Crippen LogP contribution in [0.5, 0.6) is 0 Å². The van der Waals surface area contributed by atoms with Gasteiger partial charge in [-0.1, -0.05) is 66.7 Å². The number of nitrogens with zero attached hydrogens (tertiary/aromatic N) is 1. The molecular weight excluding hydrogens is 360 g/mol. The summed E-state index contributed by atoms with van der Waals surface area (Å²) in [5, 5.41) is 14.4. The second-order valence-corrected chi connectivity index (χ2v) is 6.96. The zero-order valence-corrected chi connectivity index (χ0v) is 16.4. The predicted octanol–water partition coefficient (Wildman–Crippen LogP) is 4.32. The Kier molecular flexibility index (Phi) is 7.31. The van der Waals surface area contributed by atoms with E-state index in [4.69, 9.17) is 0 Å². The summed E-state index contributed by atoms with van der Waals surface area (Å²) in [6, 6.07) is 23.2. The third-order valence-corrected chi connectivity index (χ3v) is 4.88. The van der Waals surface area contributed by atoms with Gasteiger partial charge in [-0.05, 0) is 48.1 Å². The van der Waals surface area contributed by atoms with Gasteiger partial charge in [-0.15, -0.1) is 0 Å². The normalized spacial score (nSPS) is 11.5. The molecule has 0 unspecified atom stereocenters. The zero-order chi connectivity index (χ0) is 20.4. The van der Waals surface area contributed by atoms with Crippen molar-refractivity contribution in [2.75, 3.05) is 6.54 Å². The molecule has 29 heavy (non-hydrogen) atoms. The largest absolute Gasteiger partial charge is 0.380 e. The summed E-state index contributed by atoms with van der Waals surface area (Å²) in [4.78, 5) is 16.0. The first kappa shape index (κ1) is 20.5. The lowest BCUT2D eigenvalue weighted by molar-refractivity contribution is -0.116. The average molecular weight is 386 g/mol. The van der Waals surface area contributed by atoms with Crippen LogP contribution in [0.2, 0.25) is 0 Å². The molecule has 4 heteroatoms. The zero-order valence-electron chi connectivity index (χ0n) is 16.4. The summed E-state index contributed by atoms with van der Waals surface area (Å²) in [7, 11) is 0. The first-order valence-electron chi connectivity index (χ1n) is 9.88. The van der Waals surface area contributed by atoms with E-state index in [0.29, 0.717) is 13.0 Å². The number of benzene rings is 2. The Balaban J connectivity index is 1.52. The highest BCUT2D eigenvalue weighted by molar-refractivity contribution is 5.91. The molecule has 3 rings (SSSR count). The van der Waals surface area contributed by atoms with E-state index >= 15 is 0 Å². The number of aliphatic hydroxyl groups is 1. The van der Waals surface area contributed by atoms with Gasteiger partial charge in [-0.2, -0.15) is 0 Å². The molecule has 0 aliphatic rings. The molecule has 148 valence electrons. The number of pyridine rings is 1. The molecule has 0 saturated carbocycles. The molecule has 1 amide bonds. The maximum atomic E-state index is 12.0. The van der Waals surface area contributed by atoms with Gasteiger partial charge in [-0.3, -0.25) is 9.78 Å². The van der Waals surface area contributed by atoms with Crippen LogP contribution in [-0.2, 0) is 10.4 Å². The Labute approximate surface area is 172 Å². The highest BCUT2D eigenvalue weighted by Crippen LogP contribution is 2.34. The van der Waals surface area contributed by atoms with Gasteiger partial charge in [0.05, 0.1) is 0 Å². The van der Waals surface area contributed by atoms with Crippen molar-refractivity contribution in [3.63, 3.8) is 0 Å². The Morgan fingerprint density at radius 2 is 1.59 bits per heavy atom. The van der Waals surface area contributed by atoms with Gasteiger partial charge in [0, 0.05) is 25.0 Å². The van der Waals surface area contributed by atoms with E-state index in [1.165, 1.54) is 6.08 Å². The van der Waals surface area contributed by atoms with Crippen LogP contribution < -0.4 is 5.32 Å². The third kappa shape index (κ3) is 5.87. The van der Waals surface area contributed by atoms with E-state index in [9.17, 15) is 9.90 Å². The Morgan fingerprint density at radius 1 is 0.931 bits per heavy atom. The summed E-state index contributed by atoms with van der Waals surface area (Å²) in [5.74, 6) is -0.129. The molecule has 0 aliphatic heterocycles. The molecule has 0 saturated heterocycles. The maximum absolute atomic E-state index is 12.0. The molecule has 0 fully saturated rings. The molecular formula is C25H26N2O2. The van der Waals surface area contributed by atoms with Crippen LogP contribution >= 0.6 is 0 Å². The SMILES string of the molecule is O=C(/C=C\c1cccnc1)NCCCCC(O)(c1ccccc1)c1ccccc1. The van der Waals surface area contributed by atoms with E-state index in [-0.39, 0.29) is 5.91 Å². The lowest BCUT2D eigenvalue weighted by atomic mass is 9.82. The van der Waals surface area contributed by atoms with Crippen LogP contribution in [-0.4, -0.2) is 22.5 Å². The van der Waals surface area contributed by atoms with E-state index in [1.807, 2.05) is 72.8 Å². The van der Waals surface area contributed by atoms with Gasteiger partial charge >= 0.3 is 0 Å². The van der Waals surface area contributed by atoms with Crippen molar-refractivity contribution in [2.45, 2.75) is 24.9 Å². The first-order valence-corrected chi connectivity index (χ1v) is 9.88. The van der Waals surface area contributed by atoms with Crippen molar-refractivity contribution in [3.05, 3.63) is 108 Å². The van der Waals surface area contributed by atoms with Crippen LogP contribution in [0.25, 0.3) is 6.08 Å². The molecule has 2 N–H and O–H groups in total. The fourth-order valence-corrected chi connectivity index (χ4v) is 3.31. The summed E-state index contributed by atoms with van der Waals surface area (Å²) in [6.07, 6.45) is 8.82. The minimum atomic E-state index is -1.03. The van der Waals surface area contributed by atoms with Gasteiger partial charge in [0.2, 0.25) is 5.91 Å². The number of carbonyl (C=O) groups excluding carboxylic acids is 1. The van der Waals surface area contributed by atoms with E-state index in [2.05, 4.69) is 10.3 Å². The van der Waals surface area contributed by atoms with Gasteiger partial charge in [0.1, 0.15) is 5.60 Å². The Hall–Kier alpha value is -3.24. The summed E-state index contributed by atoms with van der Waals surface area (Å²) < 4.78 is 0. The molecule has 2 aromatic carbocycles. The molecule has 0 spiro atoms. The van der Waals surface area contributed by atoms with Crippen molar-refractivity contribution >= 4 is 12.0 Å². The van der Waals surface area contributed by atoms with Crippen LogP contribution in [0.15, 0.2) is 91.3 Å². The summed E-state index contributed by atoms with van der Waals surface area (Å²) >= 11 is 0. The molecule has 4 nitrogen and oxygen atoms in total. The van der Waals surface area contributed by atoms with Crippen LogP contribution in [0, 0.1) is 0 Å². The fourth-order valence-electron chi connectivity index (χ4n) is 3.31. The first-order chi connectivity index (χ1) is 14.2. The highest BCUT2D eigenvalue weighted by Gasteiger charge is 2.30. The minimum absolute atomic E-state index is 0.129. The van der Waals surface area contributed by atoms with Gasteiger partial charge in [0.15, 0.2) is 0 Å². The smallest absolute Gasteiger partial charge is 0.243 e. The number of carbonyl (C=O) groups is 1. The van der Waals surface area contributed by atoms with Crippen LogP contribution in [0.4, 0.5) is 0 Å². The number of nitrogens with one attached hydrogen (secondary N) is 1.